The summed E-state index contributed by atoms with van der Waals surface area (Å²) >= 11 is 0. The lowest BCUT2D eigenvalue weighted by Gasteiger charge is -2.22. The van der Waals surface area contributed by atoms with Crippen molar-refractivity contribution in [2.24, 2.45) is 5.92 Å². The largest absolute Gasteiger partial charge is 0.481 e. The number of rotatable bonds is 2. The van der Waals surface area contributed by atoms with E-state index in [1.54, 1.807) is 0 Å². The highest BCUT2D eigenvalue weighted by molar-refractivity contribution is 5.86. The predicted molar refractivity (Wildman–Crippen MR) is 84.8 cm³/mol. The second kappa shape index (κ2) is 4.90. The van der Waals surface area contributed by atoms with Crippen molar-refractivity contribution in [3.8, 4) is 0 Å². The molecule has 0 bridgehead atoms. The van der Waals surface area contributed by atoms with Gasteiger partial charge in [-0.2, -0.15) is 0 Å². The topological polar surface area (TPSA) is 53.1 Å². The molecule has 1 aliphatic carbocycles. The molecule has 0 aliphatic heterocycles. The summed E-state index contributed by atoms with van der Waals surface area (Å²) in [6, 6.07) is 6.65. The fourth-order valence-electron chi connectivity index (χ4n) is 3.38. The van der Waals surface area contributed by atoms with Crippen LogP contribution in [-0.4, -0.2) is 16.1 Å². The first kappa shape index (κ1) is 14.2. The monoisotopic (exact) mass is 285 g/mol. The summed E-state index contributed by atoms with van der Waals surface area (Å²) in [5, 5.41) is 10.3. The number of nitrogens with one attached hydrogen (secondary N) is 1. The standard InChI is InChI=1S/C18H23NO2/c1-18(2,3)12-5-7-16-14(10-12)13-8-11(9-17(20)21)4-6-15(13)19-16/h5,7,10-11,19H,4,6,8-9H2,1-3H3,(H,20,21). The summed E-state index contributed by atoms with van der Waals surface area (Å²) in [4.78, 5) is 14.5. The molecule has 21 heavy (non-hydrogen) atoms. The fourth-order valence-corrected chi connectivity index (χ4v) is 3.38. The van der Waals surface area contributed by atoms with Crippen LogP contribution in [0.3, 0.4) is 0 Å². The summed E-state index contributed by atoms with van der Waals surface area (Å²) in [5.74, 6) is -0.411. The van der Waals surface area contributed by atoms with Crippen molar-refractivity contribution in [3.05, 3.63) is 35.0 Å². The Morgan fingerprint density at radius 2 is 2.14 bits per heavy atom. The third kappa shape index (κ3) is 2.69. The van der Waals surface area contributed by atoms with E-state index in [-0.39, 0.29) is 17.8 Å². The smallest absolute Gasteiger partial charge is 0.303 e. The molecule has 3 heteroatoms. The molecule has 1 atom stereocenters. The maximum atomic E-state index is 11.0. The van der Waals surface area contributed by atoms with Gasteiger partial charge in [-0.3, -0.25) is 4.79 Å². The van der Waals surface area contributed by atoms with Crippen LogP contribution >= 0.6 is 0 Å². The number of benzene rings is 1. The minimum absolute atomic E-state index is 0.132. The van der Waals surface area contributed by atoms with Crippen molar-refractivity contribution in [1.82, 2.24) is 4.98 Å². The fraction of sp³-hybridized carbons (Fsp3) is 0.500. The quantitative estimate of drug-likeness (QED) is 0.874. The van der Waals surface area contributed by atoms with Crippen LogP contribution in [0.25, 0.3) is 10.9 Å². The first-order valence-corrected chi connectivity index (χ1v) is 7.70. The van der Waals surface area contributed by atoms with E-state index >= 15 is 0 Å². The minimum atomic E-state index is -0.682. The molecule has 1 unspecified atom stereocenters. The van der Waals surface area contributed by atoms with Crippen molar-refractivity contribution in [1.29, 1.82) is 0 Å². The highest BCUT2D eigenvalue weighted by Gasteiger charge is 2.25. The second-order valence-corrected chi connectivity index (χ2v) is 7.30. The zero-order valence-electron chi connectivity index (χ0n) is 13.0. The van der Waals surface area contributed by atoms with Gasteiger partial charge < -0.3 is 10.1 Å². The Morgan fingerprint density at radius 1 is 1.38 bits per heavy atom. The van der Waals surface area contributed by atoms with Crippen LogP contribution in [0.5, 0.6) is 0 Å². The average Bonchev–Trinajstić information content (AvgIpc) is 2.74. The lowest BCUT2D eigenvalue weighted by atomic mass is 9.82. The van der Waals surface area contributed by atoms with E-state index in [0.717, 1.165) is 19.3 Å². The Labute approximate surface area is 125 Å². The van der Waals surface area contributed by atoms with Gasteiger partial charge in [0.2, 0.25) is 0 Å². The molecule has 0 fully saturated rings. The molecular formula is C18H23NO2. The highest BCUT2D eigenvalue weighted by atomic mass is 16.4. The van der Waals surface area contributed by atoms with Gasteiger partial charge in [0.25, 0.3) is 0 Å². The molecule has 0 radical (unpaired) electrons. The summed E-state index contributed by atoms with van der Waals surface area (Å²) in [6.45, 7) is 6.67. The molecule has 1 aromatic heterocycles. The molecule has 0 saturated carbocycles. The molecule has 3 nitrogen and oxygen atoms in total. The van der Waals surface area contributed by atoms with Gasteiger partial charge in [-0.25, -0.2) is 0 Å². The number of carbonyl (C=O) groups is 1. The van der Waals surface area contributed by atoms with E-state index in [1.807, 2.05) is 0 Å². The number of aliphatic carboxylic acids is 1. The molecule has 112 valence electrons. The predicted octanol–water partition coefficient (Wildman–Crippen LogP) is 4.05. The lowest BCUT2D eigenvalue weighted by molar-refractivity contribution is -0.138. The van der Waals surface area contributed by atoms with Crippen LogP contribution in [0, 0.1) is 5.92 Å². The van der Waals surface area contributed by atoms with Gasteiger partial charge in [-0.1, -0.05) is 26.8 Å². The van der Waals surface area contributed by atoms with E-state index in [9.17, 15) is 4.79 Å². The van der Waals surface area contributed by atoms with E-state index in [0.29, 0.717) is 0 Å². The van der Waals surface area contributed by atoms with Gasteiger partial charge in [0, 0.05) is 23.0 Å². The van der Waals surface area contributed by atoms with Crippen LogP contribution in [-0.2, 0) is 23.1 Å². The summed E-state index contributed by atoms with van der Waals surface area (Å²) in [5.41, 5.74) is 5.29. The number of carboxylic acids is 1. The molecule has 0 saturated heterocycles. The Morgan fingerprint density at radius 3 is 2.81 bits per heavy atom. The first-order valence-electron chi connectivity index (χ1n) is 7.70. The van der Waals surface area contributed by atoms with Gasteiger partial charge in [-0.05, 0) is 53.9 Å². The van der Waals surface area contributed by atoms with Crippen LogP contribution in [0.15, 0.2) is 18.2 Å². The van der Waals surface area contributed by atoms with Gasteiger partial charge >= 0.3 is 5.97 Å². The zero-order valence-corrected chi connectivity index (χ0v) is 13.0. The van der Waals surface area contributed by atoms with Crippen molar-refractivity contribution in [3.63, 3.8) is 0 Å². The first-order chi connectivity index (χ1) is 9.84. The number of fused-ring (bicyclic) bond motifs is 3. The van der Waals surface area contributed by atoms with Gasteiger partial charge in [0.15, 0.2) is 0 Å². The second-order valence-electron chi connectivity index (χ2n) is 7.30. The van der Waals surface area contributed by atoms with Crippen molar-refractivity contribution < 1.29 is 9.90 Å². The summed E-state index contributed by atoms with van der Waals surface area (Å²) in [7, 11) is 0. The van der Waals surface area contributed by atoms with E-state index < -0.39 is 5.97 Å². The summed E-state index contributed by atoms with van der Waals surface area (Å²) in [6.07, 6.45) is 3.10. The maximum Gasteiger partial charge on any atom is 0.303 e. The third-order valence-electron chi connectivity index (χ3n) is 4.62. The third-order valence-corrected chi connectivity index (χ3v) is 4.62. The molecule has 1 aromatic carbocycles. The van der Waals surface area contributed by atoms with E-state index in [1.165, 1.54) is 27.7 Å². The van der Waals surface area contributed by atoms with Crippen molar-refractivity contribution >= 4 is 16.9 Å². The number of carboxylic acid groups (broad SMARTS) is 1. The molecule has 3 rings (SSSR count). The molecule has 0 spiro atoms. The van der Waals surface area contributed by atoms with Crippen molar-refractivity contribution in [2.75, 3.05) is 0 Å². The normalized spacial score (nSPS) is 18.7. The number of aryl methyl sites for hydroxylation is 1. The number of hydrogen-bond donors (Lipinski definition) is 2. The zero-order chi connectivity index (χ0) is 15.2. The average molecular weight is 285 g/mol. The number of H-pyrrole nitrogens is 1. The number of aromatic amines is 1. The van der Waals surface area contributed by atoms with Gasteiger partial charge in [0.05, 0.1) is 0 Å². The van der Waals surface area contributed by atoms with Crippen LogP contribution < -0.4 is 0 Å². The maximum absolute atomic E-state index is 11.0. The molecule has 2 N–H and O–H groups in total. The van der Waals surface area contributed by atoms with Gasteiger partial charge in [-0.15, -0.1) is 0 Å². The minimum Gasteiger partial charge on any atom is -0.481 e. The Balaban J connectivity index is 2.02. The van der Waals surface area contributed by atoms with Crippen molar-refractivity contribution in [2.45, 2.75) is 51.9 Å². The van der Waals surface area contributed by atoms with Crippen LogP contribution in [0.1, 0.15) is 50.4 Å². The summed E-state index contributed by atoms with van der Waals surface area (Å²) < 4.78 is 0. The Hall–Kier alpha value is -1.77. The van der Waals surface area contributed by atoms with Crippen LogP contribution in [0.2, 0.25) is 0 Å². The number of hydrogen-bond acceptors (Lipinski definition) is 1. The Bertz CT molecular complexity index is 691. The molecule has 1 aliphatic rings. The molecular weight excluding hydrogens is 262 g/mol. The van der Waals surface area contributed by atoms with E-state index in [2.05, 4.69) is 44.0 Å². The highest BCUT2D eigenvalue weighted by Crippen LogP contribution is 2.35. The molecule has 1 heterocycles. The number of aromatic nitrogens is 1. The molecule has 2 aromatic rings. The van der Waals surface area contributed by atoms with Gasteiger partial charge in [0.1, 0.15) is 0 Å². The van der Waals surface area contributed by atoms with E-state index in [4.69, 9.17) is 5.11 Å². The SMILES string of the molecule is CC(C)(C)c1ccc2[nH]c3c(c2c1)CC(CC(=O)O)CC3. The Kier molecular flexibility index (Phi) is 3.31. The molecule has 0 amide bonds. The lowest BCUT2D eigenvalue weighted by Crippen LogP contribution is -2.17. The van der Waals surface area contributed by atoms with Crippen LogP contribution in [0.4, 0.5) is 0 Å².